The molecule has 0 atom stereocenters. The maximum absolute atomic E-state index is 5.22. The molecule has 0 unspecified atom stereocenters. The van der Waals surface area contributed by atoms with E-state index in [4.69, 9.17) is 4.74 Å². The Morgan fingerprint density at radius 3 is 2.83 bits per heavy atom. The molecule has 1 aromatic heterocycles. The number of ether oxygens (including phenoxy) is 1. The van der Waals surface area contributed by atoms with Gasteiger partial charge in [0.2, 0.25) is 0 Å². The molecule has 0 saturated carbocycles. The van der Waals surface area contributed by atoms with Crippen LogP contribution in [0.15, 0.2) is 11.1 Å². The minimum atomic E-state index is 0.591. The van der Waals surface area contributed by atoms with Gasteiger partial charge in [-0.05, 0) is 29.8 Å². The van der Waals surface area contributed by atoms with Gasteiger partial charge in [-0.15, -0.1) is 0 Å². The van der Waals surface area contributed by atoms with Gasteiger partial charge in [0.25, 0.3) is 0 Å². The Kier molecular flexibility index (Phi) is 2.92. The van der Waals surface area contributed by atoms with E-state index in [1.165, 1.54) is 0 Å². The SMILES string of the molecule is C=C(OCC)c1n[nH]c(C)c1Br. The second-order valence-corrected chi connectivity index (χ2v) is 3.16. The van der Waals surface area contributed by atoms with Crippen LogP contribution in [0.1, 0.15) is 18.3 Å². The Labute approximate surface area is 79.9 Å². The van der Waals surface area contributed by atoms with E-state index in [1.807, 2.05) is 13.8 Å². The van der Waals surface area contributed by atoms with E-state index in [0.29, 0.717) is 12.4 Å². The van der Waals surface area contributed by atoms with Gasteiger partial charge in [-0.2, -0.15) is 5.10 Å². The number of nitrogens with zero attached hydrogens (tertiary/aromatic N) is 1. The van der Waals surface area contributed by atoms with Gasteiger partial charge in [0, 0.05) is 5.69 Å². The summed E-state index contributed by atoms with van der Waals surface area (Å²) >= 11 is 3.39. The summed E-state index contributed by atoms with van der Waals surface area (Å²) in [6.45, 7) is 8.21. The topological polar surface area (TPSA) is 37.9 Å². The van der Waals surface area contributed by atoms with Gasteiger partial charge in [0.15, 0.2) is 0 Å². The summed E-state index contributed by atoms with van der Waals surface area (Å²) in [5.74, 6) is 0.591. The first-order valence-corrected chi connectivity index (χ1v) is 4.48. The highest BCUT2D eigenvalue weighted by Gasteiger charge is 2.10. The van der Waals surface area contributed by atoms with E-state index in [2.05, 4.69) is 32.7 Å². The highest BCUT2D eigenvalue weighted by atomic mass is 79.9. The van der Waals surface area contributed by atoms with Crippen LogP contribution < -0.4 is 0 Å². The normalized spacial score (nSPS) is 9.92. The Balaban J connectivity index is 2.88. The van der Waals surface area contributed by atoms with Crippen LogP contribution in [0, 0.1) is 6.92 Å². The van der Waals surface area contributed by atoms with Crippen molar-refractivity contribution in [3.05, 3.63) is 22.4 Å². The number of rotatable bonds is 3. The zero-order valence-electron chi connectivity index (χ0n) is 7.15. The zero-order valence-corrected chi connectivity index (χ0v) is 8.73. The Hall–Kier alpha value is -0.770. The van der Waals surface area contributed by atoms with Crippen molar-refractivity contribution in [2.45, 2.75) is 13.8 Å². The van der Waals surface area contributed by atoms with Crippen LogP contribution in [0.25, 0.3) is 5.76 Å². The summed E-state index contributed by atoms with van der Waals surface area (Å²) in [5.41, 5.74) is 1.72. The summed E-state index contributed by atoms with van der Waals surface area (Å²) in [6, 6.07) is 0. The molecule has 66 valence electrons. The Bertz CT molecular complexity index is 293. The summed E-state index contributed by atoms with van der Waals surface area (Å²) in [4.78, 5) is 0. The van der Waals surface area contributed by atoms with Crippen molar-refractivity contribution in [1.29, 1.82) is 0 Å². The summed E-state index contributed by atoms with van der Waals surface area (Å²) in [5, 5.41) is 6.88. The molecule has 0 aromatic carbocycles. The van der Waals surface area contributed by atoms with Crippen LogP contribution >= 0.6 is 15.9 Å². The third kappa shape index (κ3) is 1.69. The van der Waals surface area contributed by atoms with Gasteiger partial charge in [-0.25, -0.2) is 0 Å². The van der Waals surface area contributed by atoms with Gasteiger partial charge in [0.1, 0.15) is 11.5 Å². The third-order valence-electron chi connectivity index (χ3n) is 1.46. The fourth-order valence-electron chi connectivity index (χ4n) is 0.843. The van der Waals surface area contributed by atoms with E-state index in [-0.39, 0.29) is 0 Å². The second-order valence-electron chi connectivity index (χ2n) is 2.37. The van der Waals surface area contributed by atoms with Gasteiger partial charge < -0.3 is 4.74 Å². The van der Waals surface area contributed by atoms with Crippen LogP contribution in [0.5, 0.6) is 0 Å². The summed E-state index contributed by atoms with van der Waals surface area (Å²) < 4.78 is 6.13. The molecule has 0 saturated heterocycles. The minimum absolute atomic E-state index is 0.591. The van der Waals surface area contributed by atoms with Gasteiger partial charge in [-0.1, -0.05) is 6.58 Å². The molecule has 4 heteroatoms. The smallest absolute Gasteiger partial charge is 0.141 e. The molecule has 1 heterocycles. The largest absolute Gasteiger partial charge is 0.492 e. The molecule has 0 radical (unpaired) electrons. The third-order valence-corrected chi connectivity index (χ3v) is 2.43. The molecule has 0 aliphatic rings. The molecular formula is C8H11BrN2O. The first-order chi connectivity index (χ1) is 5.66. The van der Waals surface area contributed by atoms with Gasteiger partial charge in [0.05, 0.1) is 11.1 Å². The lowest BCUT2D eigenvalue weighted by Crippen LogP contribution is -1.90. The van der Waals surface area contributed by atoms with Crippen molar-refractivity contribution in [2.75, 3.05) is 6.61 Å². The maximum Gasteiger partial charge on any atom is 0.141 e. The molecule has 12 heavy (non-hydrogen) atoms. The Morgan fingerprint density at radius 2 is 2.42 bits per heavy atom. The standard InChI is InChI=1S/C8H11BrN2O/c1-4-12-6(3)8-7(9)5(2)10-11-8/h3-4H2,1-2H3,(H,10,11). The lowest BCUT2D eigenvalue weighted by molar-refractivity contribution is 0.297. The number of aromatic amines is 1. The van der Waals surface area contributed by atoms with Crippen molar-refractivity contribution < 1.29 is 4.74 Å². The highest BCUT2D eigenvalue weighted by molar-refractivity contribution is 9.10. The Morgan fingerprint density at radius 1 is 1.75 bits per heavy atom. The van der Waals surface area contributed by atoms with E-state index < -0.39 is 0 Å². The molecule has 1 N–H and O–H groups in total. The maximum atomic E-state index is 5.22. The minimum Gasteiger partial charge on any atom is -0.492 e. The van der Waals surface area contributed by atoms with Crippen molar-refractivity contribution in [1.82, 2.24) is 10.2 Å². The van der Waals surface area contributed by atoms with E-state index in [1.54, 1.807) is 0 Å². The molecule has 0 spiro atoms. The molecule has 0 amide bonds. The summed E-state index contributed by atoms with van der Waals surface area (Å²) in [7, 11) is 0. The van der Waals surface area contributed by atoms with Crippen molar-refractivity contribution in [2.24, 2.45) is 0 Å². The fourth-order valence-corrected chi connectivity index (χ4v) is 1.24. The number of aromatic nitrogens is 2. The predicted molar refractivity (Wildman–Crippen MR) is 51.7 cm³/mol. The zero-order chi connectivity index (χ0) is 9.14. The van der Waals surface area contributed by atoms with Gasteiger partial charge >= 0.3 is 0 Å². The monoisotopic (exact) mass is 230 g/mol. The van der Waals surface area contributed by atoms with Crippen LogP contribution in [-0.2, 0) is 4.74 Å². The first kappa shape index (κ1) is 9.32. The lowest BCUT2D eigenvalue weighted by atomic mass is 10.3. The van der Waals surface area contributed by atoms with Crippen LogP contribution in [-0.4, -0.2) is 16.8 Å². The highest BCUT2D eigenvalue weighted by Crippen LogP contribution is 2.24. The van der Waals surface area contributed by atoms with Crippen LogP contribution in [0.4, 0.5) is 0 Å². The predicted octanol–water partition coefficient (Wildman–Crippen LogP) is 2.49. The molecule has 0 aliphatic carbocycles. The number of hydrogen-bond acceptors (Lipinski definition) is 2. The van der Waals surface area contributed by atoms with Crippen LogP contribution in [0.2, 0.25) is 0 Å². The number of halogens is 1. The average molecular weight is 231 g/mol. The van der Waals surface area contributed by atoms with Gasteiger partial charge in [-0.3, -0.25) is 5.10 Å². The molecule has 3 nitrogen and oxygen atoms in total. The quantitative estimate of drug-likeness (QED) is 0.811. The fraction of sp³-hybridized carbons (Fsp3) is 0.375. The van der Waals surface area contributed by atoms with Crippen LogP contribution in [0.3, 0.4) is 0 Å². The molecule has 1 rings (SSSR count). The molecule has 0 bridgehead atoms. The first-order valence-electron chi connectivity index (χ1n) is 3.69. The van der Waals surface area contributed by atoms with E-state index in [9.17, 15) is 0 Å². The van der Waals surface area contributed by atoms with Crippen molar-refractivity contribution >= 4 is 21.7 Å². The average Bonchev–Trinajstić information content (AvgIpc) is 2.34. The van der Waals surface area contributed by atoms with E-state index >= 15 is 0 Å². The number of nitrogens with one attached hydrogen (secondary N) is 1. The number of H-pyrrole nitrogens is 1. The molecule has 0 aliphatic heterocycles. The lowest BCUT2D eigenvalue weighted by Gasteiger charge is -2.02. The van der Waals surface area contributed by atoms with E-state index in [0.717, 1.165) is 15.9 Å². The molecule has 1 aromatic rings. The van der Waals surface area contributed by atoms with Crippen molar-refractivity contribution in [3.8, 4) is 0 Å². The molecular weight excluding hydrogens is 220 g/mol. The second kappa shape index (κ2) is 3.76. The molecule has 0 fully saturated rings. The van der Waals surface area contributed by atoms with Crippen molar-refractivity contribution in [3.63, 3.8) is 0 Å². The number of hydrogen-bond donors (Lipinski definition) is 1. The number of aryl methyl sites for hydroxylation is 1. The summed E-state index contributed by atoms with van der Waals surface area (Å²) in [6.07, 6.45) is 0.